The van der Waals surface area contributed by atoms with Gasteiger partial charge in [-0.3, -0.25) is 0 Å². The molecule has 1 heterocycles. The van der Waals surface area contributed by atoms with Gasteiger partial charge in [0.05, 0.1) is 19.0 Å². The van der Waals surface area contributed by atoms with Crippen molar-refractivity contribution in [2.45, 2.75) is 18.5 Å². The van der Waals surface area contributed by atoms with Gasteiger partial charge in [0.2, 0.25) is 0 Å². The van der Waals surface area contributed by atoms with E-state index in [-0.39, 0.29) is 11.9 Å². The number of rotatable bonds is 6. The van der Waals surface area contributed by atoms with E-state index in [9.17, 15) is 4.39 Å². The van der Waals surface area contributed by atoms with Gasteiger partial charge in [-0.15, -0.1) is 0 Å². The van der Waals surface area contributed by atoms with E-state index in [1.165, 1.54) is 22.3 Å². The van der Waals surface area contributed by atoms with E-state index in [2.05, 4.69) is 91.0 Å². The Morgan fingerprint density at radius 1 is 0.645 bits per heavy atom. The molecule has 0 amide bonds. The first-order valence-electron chi connectivity index (χ1n) is 11.0. The number of hydrogen-bond acceptors (Lipinski definition) is 0. The van der Waals surface area contributed by atoms with Crippen molar-refractivity contribution >= 4 is 0 Å². The van der Waals surface area contributed by atoms with Crippen LogP contribution in [0.1, 0.15) is 34.2 Å². The molecule has 1 aliphatic rings. The average Bonchev–Trinajstić information content (AvgIpc) is 2.80. The lowest BCUT2D eigenvalue weighted by atomic mass is 9.82. The third kappa shape index (κ3) is 4.04. The summed E-state index contributed by atoms with van der Waals surface area (Å²) in [4.78, 5) is 0. The third-order valence-electron chi connectivity index (χ3n) is 6.63. The fourth-order valence-corrected chi connectivity index (χ4v) is 5.24. The highest BCUT2D eigenvalue weighted by Crippen LogP contribution is 2.47. The maximum atomic E-state index is 13.5. The first kappa shape index (κ1) is 19.7. The highest BCUT2D eigenvalue weighted by atomic mass is 19.1. The first-order valence-corrected chi connectivity index (χ1v) is 11.0. The summed E-state index contributed by atoms with van der Waals surface area (Å²) < 4.78 is 14.5. The minimum absolute atomic E-state index is 0.167. The quantitative estimate of drug-likeness (QED) is 0.310. The molecule has 0 bridgehead atoms. The van der Waals surface area contributed by atoms with Crippen LogP contribution in [-0.4, -0.2) is 17.6 Å². The van der Waals surface area contributed by atoms with Crippen molar-refractivity contribution in [1.29, 1.82) is 0 Å². The van der Waals surface area contributed by atoms with Crippen molar-refractivity contribution in [3.63, 3.8) is 0 Å². The number of halogens is 1. The molecule has 0 saturated carbocycles. The minimum atomic E-state index is -0.167. The molecular formula is C29H27FN+. The van der Waals surface area contributed by atoms with Gasteiger partial charge in [-0.05, 0) is 17.7 Å². The fraction of sp³-hybridized carbons (Fsp3) is 0.172. The lowest BCUT2D eigenvalue weighted by molar-refractivity contribution is -1.00. The number of benzene rings is 4. The van der Waals surface area contributed by atoms with Gasteiger partial charge in [-0.25, -0.2) is 4.39 Å². The zero-order valence-corrected chi connectivity index (χ0v) is 17.6. The van der Waals surface area contributed by atoms with Crippen LogP contribution in [0.5, 0.6) is 0 Å². The Labute approximate surface area is 184 Å². The van der Waals surface area contributed by atoms with Gasteiger partial charge in [0, 0.05) is 16.7 Å². The van der Waals surface area contributed by atoms with Crippen molar-refractivity contribution in [3.05, 3.63) is 143 Å². The van der Waals surface area contributed by atoms with E-state index < -0.39 is 0 Å². The van der Waals surface area contributed by atoms with Crippen molar-refractivity contribution < 1.29 is 8.87 Å². The van der Waals surface area contributed by atoms with Crippen LogP contribution in [0.2, 0.25) is 0 Å². The van der Waals surface area contributed by atoms with Crippen LogP contribution in [-0.2, 0) is 6.54 Å². The Morgan fingerprint density at radius 2 is 1.13 bits per heavy atom. The minimum Gasteiger partial charge on any atom is -0.308 e. The van der Waals surface area contributed by atoms with E-state index >= 15 is 0 Å². The van der Waals surface area contributed by atoms with Crippen molar-refractivity contribution in [1.82, 2.24) is 0 Å². The molecule has 1 fully saturated rings. The predicted octanol–water partition coefficient (Wildman–Crippen LogP) is 6.73. The van der Waals surface area contributed by atoms with Crippen LogP contribution in [0, 0.1) is 5.82 Å². The molecule has 0 N–H and O–H groups in total. The Kier molecular flexibility index (Phi) is 5.40. The smallest absolute Gasteiger partial charge is 0.141 e. The SMILES string of the molecule is Fc1ccc(C2C[N+](Cc3ccccc3)(C(c3ccccc3)c3ccccc3)C2)cc1. The summed E-state index contributed by atoms with van der Waals surface area (Å²) in [7, 11) is 0. The highest BCUT2D eigenvalue weighted by molar-refractivity contribution is 5.32. The van der Waals surface area contributed by atoms with E-state index in [0.717, 1.165) is 24.1 Å². The summed E-state index contributed by atoms with van der Waals surface area (Å²) >= 11 is 0. The zero-order valence-electron chi connectivity index (χ0n) is 17.6. The normalized spacial score (nSPS) is 20.4. The van der Waals surface area contributed by atoms with Crippen LogP contribution in [0.15, 0.2) is 115 Å². The number of quaternary nitrogens is 1. The second kappa shape index (κ2) is 8.49. The Bertz CT molecular complexity index is 1060. The molecule has 5 rings (SSSR count). The molecular weight excluding hydrogens is 381 g/mol. The molecule has 154 valence electrons. The summed E-state index contributed by atoms with van der Waals surface area (Å²) in [6.45, 7) is 3.05. The predicted molar refractivity (Wildman–Crippen MR) is 124 cm³/mol. The lowest BCUT2D eigenvalue weighted by Gasteiger charge is -2.55. The van der Waals surface area contributed by atoms with E-state index in [4.69, 9.17) is 0 Å². The van der Waals surface area contributed by atoms with Crippen LogP contribution >= 0.6 is 0 Å². The van der Waals surface area contributed by atoms with Gasteiger partial charge >= 0.3 is 0 Å². The van der Waals surface area contributed by atoms with Gasteiger partial charge in [0.1, 0.15) is 18.4 Å². The standard InChI is InChI=1S/C29H27FN/c30-28-18-16-24(17-19-28)27-21-31(22-27,20-23-10-4-1-5-11-23)29(25-12-6-2-7-13-25)26-14-8-3-9-15-26/h1-19,27,29H,20-22H2/q+1. The molecule has 4 aromatic carbocycles. The van der Waals surface area contributed by atoms with Crippen molar-refractivity contribution in [2.24, 2.45) is 0 Å². The molecule has 1 nitrogen and oxygen atoms in total. The molecule has 0 unspecified atom stereocenters. The van der Waals surface area contributed by atoms with Gasteiger partial charge in [-0.2, -0.15) is 0 Å². The fourth-order valence-electron chi connectivity index (χ4n) is 5.24. The van der Waals surface area contributed by atoms with Gasteiger partial charge in [0.25, 0.3) is 0 Å². The number of nitrogens with zero attached hydrogens (tertiary/aromatic N) is 1. The van der Waals surface area contributed by atoms with Gasteiger partial charge in [-0.1, -0.05) is 103 Å². The second-order valence-electron chi connectivity index (χ2n) is 8.70. The largest absolute Gasteiger partial charge is 0.308 e. The Balaban J connectivity index is 1.56. The van der Waals surface area contributed by atoms with Crippen LogP contribution in [0.4, 0.5) is 4.39 Å². The topological polar surface area (TPSA) is 0 Å². The molecule has 0 aliphatic carbocycles. The Hall–Kier alpha value is -3.23. The molecule has 1 aliphatic heterocycles. The molecule has 0 spiro atoms. The van der Waals surface area contributed by atoms with E-state index in [1.54, 1.807) is 12.1 Å². The molecule has 2 heteroatoms. The van der Waals surface area contributed by atoms with Gasteiger partial charge < -0.3 is 4.48 Å². The molecule has 0 aromatic heterocycles. The van der Waals surface area contributed by atoms with Crippen LogP contribution in [0.25, 0.3) is 0 Å². The van der Waals surface area contributed by atoms with Crippen molar-refractivity contribution in [2.75, 3.05) is 13.1 Å². The Morgan fingerprint density at radius 3 is 1.65 bits per heavy atom. The summed E-state index contributed by atoms with van der Waals surface area (Å²) in [5, 5.41) is 0. The van der Waals surface area contributed by atoms with Crippen molar-refractivity contribution in [3.8, 4) is 0 Å². The number of hydrogen-bond donors (Lipinski definition) is 0. The average molecular weight is 409 g/mol. The first-order chi connectivity index (χ1) is 15.2. The molecule has 4 aromatic rings. The maximum Gasteiger partial charge on any atom is 0.141 e. The second-order valence-corrected chi connectivity index (χ2v) is 8.70. The van der Waals surface area contributed by atoms with Crippen LogP contribution in [0.3, 0.4) is 0 Å². The van der Waals surface area contributed by atoms with Crippen LogP contribution < -0.4 is 0 Å². The molecule has 0 radical (unpaired) electrons. The number of likely N-dealkylation sites (tertiary alicyclic amines) is 1. The summed E-state index contributed by atoms with van der Waals surface area (Å²) in [5.41, 5.74) is 5.30. The summed E-state index contributed by atoms with van der Waals surface area (Å²) in [5.74, 6) is 0.277. The summed E-state index contributed by atoms with van der Waals surface area (Å²) in [6, 6.07) is 39.9. The molecule has 1 saturated heterocycles. The lowest BCUT2D eigenvalue weighted by Crippen LogP contribution is -2.63. The van der Waals surface area contributed by atoms with E-state index in [0.29, 0.717) is 5.92 Å². The maximum absolute atomic E-state index is 13.5. The monoisotopic (exact) mass is 408 g/mol. The summed E-state index contributed by atoms with van der Waals surface area (Å²) in [6.07, 6.45) is 0. The molecule has 0 atom stereocenters. The molecule has 31 heavy (non-hydrogen) atoms. The highest BCUT2D eigenvalue weighted by Gasteiger charge is 2.50. The van der Waals surface area contributed by atoms with Gasteiger partial charge in [0.15, 0.2) is 0 Å². The van der Waals surface area contributed by atoms with E-state index in [1.807, 2.05) is 12.1 Å². The third-order valence-corrected chi connectivity index (χ3v) is 6.63. The zero-order chi connectivity index (χ0) is 21.1.